The summed E-state index contributed by atoms with van der Waals surface area (Å²) in [5.41, 5.74) is -0.0277. The van der Waals surface area contributed by atoms with Crippen LogP contribution in [0.5, 0.6) is 0 Å². The summed E-state index contributed by atoms with van der Waals surface area (Å²) in [6.07, 6.45) is 6.48. The van der Waals surface area contributed by atoms with Gasteiger partial charge in [-0.1, -0.05) is 53.5 Å². The average molecular weight is 534 g/mol. The number of carboxylic acids is 1. The van der Waals surface area contributed by atoms with Crippen LogP contribution in [0.4, 0.5) is 0 Å². The zero-order valence-electron chi connectivity index (χ0n) is 25.0. The number of Topliss-reactive ketones (excluding diaryl/α,β-unsaturated/α-hetero) is 1. The molecule has 0 bridgehead atoms. The number of likely N-dealkylation sites (N-methyl/N-ethyl adjacent to an activating group) is 1. The molecule has 216 valence electrons. The smallest absolute Gasteiger partial charge is 0.307 e. The van der Waals surface area contributed by atoms with Crippen LogP contribution in [0.15, 0.2) is 11.6 Å². The van der Waals surface area contributed by atoms with E-state index in [9.17, 15) is 24.3 Å². The van der Waals surface area contributed by atoms with Crippen molar-refractivity contribution in [3.05, 3.63) is 11.6 Å². The first-order valence-corrected chi connectivity index (χ1v) is 14.4. The molecule has 38 heavy (non-hydrogen) atoms. The molecule has 0 radical (unpaired) electrons. The van der Waals surface area contributed by atoms with E-state index in [1.54, 1.807) is 18.9 Å². The monoisotopic (exact) mass is 533 g/mol. The van der Waals surface area contributed by atoms with Gasteiger partial charge in [0.2, 0.25) is 11.8 Å². The Morgan fingerprint density at radius 1 is 0.974 bits per heavy atom. The number of amides is 2. The molecular weight excluding hydrogens is 482 g/mol. The van der Waals surface area contributed by atoms with Crippen molar-refractivity contribution in [3.8, 4) is 0 Å². The molecule has 2 aliphatic rings. The molecule has 2 amide bonds. The first-order chi connectivity index (χ1) is 17.6. The zero-order valence-corrected chi connectivity index (χ0v) is 25.0. The third-order valence-corrected chi connectivity index (χ3v) is 8.37. The molecule has 0 spiro atoms. The van der Waals surface area contributed by atoms with Crippen molar-refractivity contribution in [2.75, 3.05) is 13.6 Å². The van der Waals surface area contributed by atoms with Gasteiger partial charge in [0.25, 0.3) is 0 Å². The molecule has 5 atom stereocenters. The van der Waals surface area contributed by atoms with Crippen molar-refractivity contribution in [2.45, 2.75) is 118 Å². The summed E-state index contributed by atoms with van der Waals surface area (Å²) in [6.45, 7) is 16.6. The highest BCUT2D eigenvalue weighted by atomic mass is 16.4. The SMILES string of the molecule is C/C(=C\C(C(C)C)N(C)C(=O)C(NC(=O)C1CCCCN1C(C)C)C(C)(C)C)C(=O)C1CCCC1C(=O)O. The van der Waals surface area contributed by atoms with E-state index < -0.39 is 29.3 Å². The quantitative estimate of drug-likeness (QED) is 0.406. The first kappa shape index (κ1) is 32.0. The van der Waals surface area contributed by atoms with E-state index in [1.807, 2.05) is 40.7 Å². The molecule has 0 aromatic carbocycles. The van der Waals surface area contributed by atoms with E-state index in [1.165, 1.54) is 0 Å². The number of hydrogen-bond acceptors (Lipinski definition) is 5. The van der Waals surface area contributed by atoms with Crippen LogP contribution in [0.2, 0.25) is 0 Å². The number of nitrogens with zero attached hydrogens (tertiary/aromatic N) is 2. The van der Waals surface area contributed by atoms with Gasteiger partial charge in [-0.2, -0.15) is 0 Å². The summed E-state index contributed by atoms with van der Waals surface area (Å²) in [7, 11) is 1.73. The number of carbonyl (C=O) groups is 4. The minimum absolute atomic E-state index is 0.0108. The highest BCUT2D eigenvalue weighted by Gasteiger charge is 2.41. The second-order valence-electron chi connectivity index (χ2n) is 13.0. The van der Waals surface area contributed by atoms with Crippen molar-refractivity contribution in [3.63, 3.8) is 0 Å². The van der Waals surface area contributed by atoms with E-state index in [-0.39, 0.29) is 41.6 Å². The van der Waals surface area contributed by atoms with Gasteiger partial charge in [0.15, 0.2) is 5.78 Å². The maximum atomic E-state index is 13.9. The lowest BCUT2D eigenvalue weighted by molar-refractivity contribution is -0.145. The summed E-state index contributed by atoms with van der Waals surface area (Å²) >= 11 is 0. The maximum Gasteiger partial charge on any atom is 0.307 e. The van der Waals surface area contributed by atoms with Gasteiger partial charge < -0.3 is 15.3 Å². The molecule has 8 heteroatoms. The molecule has 2 N–H and O–H groups in total. The first-order valence-electron chi connectivity index (χ1n) is 14.4. The standard InChI is InChI=1S/C30H51N3O5/c1-18(2)24(17-20(5)25(34)21-13-12-14-22(21)29(37)38)32(9)28(36)26(30(6,7)8)31-27(35)23-15-10-11-16-33(23)19(3)4/h17-19,21-24,26H,10-16H2,1-9H3,(H,31,35)(H,37,38)/b20-17+. The van der Waals surface area contributed by atoms with Crippen molar-refractivity contribution < 1.29 is 24.3 Å². The molecule has 0 aromatic heterocycles. The highest BCUT2D eigenvalue weighted by molar-refractivity contribution is 5.99. The van der Waals surface area contributed by atoms with Gasteiger partial charge in [-0.05, 0) is 69.9 Å². The van der Waals surface area contributed by atoms with Crippen molar-refractivity contribution in [1.82, 2.24) is 15.1 Å². The minimum Gasteiger partial charge on any atom is -0.481 e. The lowest BCUT2D eigenvalue weighted by Gasteiger charge is -2.41. The third kappa shape index (κ3) is 7.67. The van der Waals surface area contributed by atoms with E-state index in [0.29, 0.717) is 18.4 Å². The Morgan fingerprint density at radius 3 is 2.11 bits per heavy atom. The Labute approximate surface area is 229 Å². The highest BCUT2D eigenvalue weighted by Crippen LogP contribution is 2.34. The van der Waals surface area contributed by atoms with Crippen LogP contribution in [0.1, 0.15) is 93.9 Å². The van der Waals surface area contributed by atoms with Gasteiger partial charge in [0.05, 0.1) is 18.0 Å². The Kier molecular flexibility index (Phi) is 11.1. The molecular formula is C30H51N3O5. The number of ketones is 1. The van der Waals surface area contributed by atoms with Crippen LogP contribution in [-0.4, -0.2) is 76.2 Å². The molecule has 1 aliphatic carbocycles. The molecule has 5 unspecified atom stereocenters. The molecule has 8 nitrogen and oxygen atoms in total. The lowest BCUT2D eigenvalue weighted by atomic mass is 9.84. The fourth-order valence-corrected chi connectivity index (χ4v) is 6.04. The van der Waals surface area contributed by atoms with E-state index >= 15 is 0 Å². The fourth-order valence-electron chi connectivity index (χ4n) is 6.04. The van der Waals surface area contributed by atoms with Crippen LogP contribution in [0, 0.1) is 23.2 Å². The number of likely N-dealkylation sites (tertiary alicyclic amines) is 1. The third-order valence-electron chi connectivity index (χ3n) is 8.37. The van der Waals surface area contributed by atoms with Gasteiger partial charge in [-0.25, -0.2) is 0 Å². The second kappa shape index (κ2) is 13.2. The number of rotatable bonds is 10. The van der Waals surface area contributed by atoms with Crippen LogP contribution in [0.3, 0.4) is 0 Å². The largest absolute Gasteiger partial charge is 0.481 e. The van der Waals surface area contributed by atoms with Gasteiger partial charge in [0, 0.05) is 19.0 Å². The lowest BCUT2D eigenvalue weighted by Crippen LogP contribution is -2.60. The van der Waals surface area contributed by atoms with Gasteiger partial charge in [0.1, 0.15) is 6.04 Å². The van der Waals surface area contributed by atoms with E-state index in [4.69, 9.17) is 0 Å². The predicted molar refractivity (Wildman–Crippen MR) is 149 cm³/mol. The molecule has 1 saturated carbocycles. The number of carbonyl (C=O) groups excluding carboxylic acids is 3. The number of allylic oxidation sites excluding steroid dienone is 1. The van der Waals surface area contributed by atoms with E-state index in [2.05, 4.69) is 24.1 Å². The molecule has 2 rings (SSSR count). The van der Waals surface area contributed by atoms with Gasteiger partial charge in [-0.15, -0.1) is 0 Å². The van der Waals surface area contributed by atoms with Crippen LogP contribution in [0.25, 0.3) is 0 Å². The number of hydrogen-bond donors (Lipinski definition) is 2. The van der Waals surface area contributed by atoms with E-state index in [0.717, 1.165) is 32.2 Å². The van der Waals surface area contributed by atoms with Crippen LogP contribution >= 0.6 is 0 Å². The molecule has 1 heterocycles. The maximum absolute atomic E-state index is 13.9. The Hall–Kier alpha value is -2.22. The number of nitrogens with one attached hydrogen (secondary N) is 1. The molecule has 2 fully saturated rings. The summed E-state index contributed by atoms with van der Waals surface area (Å²) in [4.78, 5) is 56.1. The minimum atomic E-state index is -0.917. The molecule has 0 aromatic rings. The Bertz CT molecular complexity index is 904. The molecule has 1 aliphatic heterocycles. The summed E-state index contributed by atoms with van der Waals surface area (Å²) in [6, 6.07) is -1.11. The predicted octanol–water partition coefficient (Wildman–Crippen LogP) is 4.28. The second-order valence-corrected chi connectivity index (χ2v) is 13.0. The topological polar surface area (TPSA) is 107 Å². The number of carboxylic acid groups (broad SMARTS) is 1. The summed E-state index contributed by atoms with van der Waals surface area (Å²) in [5, 5.41) is 12.6. The number of aliphatic carboxylic acids is 1. The van der Waals surface area contributed by atoms with Gasteiger partial charge in [-0.3, -0.25) is 24.1 Å². The van der Waals surface area contributed by atoms with Crippen molar-refractivity contribution >= 4 is 23.6 Å². The zero-order chi connectivity index (χ0) is 28.9. The fraction of sp³-hybridized carbons (Fsp3) is 0.800. The summed E-state index contributed by atoms with van der Waals surface area (Å²) < 4.78 is 0. The van der Waals surface area contributed by atoms with Crippen LogP contribution in [-0.2, 0) is 19.2 Å². The van der Waals surface area contributed by atoms with Crippen molar-refractivity contribution in [1.29, 1.82) is 0 Å². The number of piperidine rings is 1. The Morgan fingerprint density at radius 2 is 1.58 bits per heavy atom. The van der Waals surface area contributed by atoms with Gasteiger partial charge >= 0.3 is 5.97 Å². The average Bonchev–Trinajstić information content (AvgIpc) is 3.33. The Balaban J connectivity index is 2.27. The molecule has 1 saturated heterocycles. The van der Waals surface area contributed by atoms with Crippen molar-refractivity contribution in [2.24, 2.45) is 23.2 Å². The summed E-state index contributed by atoms with van der Waals surface area (Å²) in [5.74, 6) is -2.52. The normalized spacial score (nSPS) is 24.8. The van der Waals surface area contributed by atoms with Crippen LogP contribution < -0.4 is 5.32 Å².